The number of carbonyl (C=O) groups is 1. The lowest BCUT2D eigenvalue weighted by molar-refractivity contribution is 0.0822. The molecule has 1 aliphatic heterocycles. The predicted octanol–water partition coefficient (Wildman–Crippen LogP) is 1.13. The van der Waals surface area contributed by atoms with Crippen LogP contribution in [0.3, 0.4) is 0 Å². The smallest absolute Gasteiger partial charge is 0.272 e. The van der Waals surface area contributed by atoms with Crippen LogP contribution >= 0.6 is 0 Å². The number of nitrogens with zero attached hydrogens (tertiary/aromatic N) is 3. The third-order valence-electron chi connectivity index (χ3n) is 3.54. The van der Waals surface area contributed by atoms with Crippen molar-refractivity contribution >= 4 is 11.6 Å². The van der Waals surface area contributed by atoms with Crippen LogP contribution in [0.4, 0.5) is 5.69 Å². The van der Waals surface area contributed by atoms with Crippen LogP contribution in [-0.4, -0.2) is 54.2 Å². The van der Waals surface area contributed by atoms with Crippen LogP contribution in [0.25, 0.3) is 0 Å². The zero-order valence-electron chi connectivity index (χ0n) is 11.5. The van der Waals surface area contributed by atoms with Crippen LogP contribution in [0.15, 0.2) is 18.3 Å². The summed E-state index contributed by atoms with van der Waals surface area (Å²) < 4.78 is 0. The zero-order chi connectivity index (χ0) is 13.8. The summed E-state index contributed by atoms with van der Waals surface area (Å²) in [5, 5.41) is 9.46. The number of aliphatic hydroxyl groups is 1. The van der Waals surface area contributed by atoms with Crippen molar-refractivity contribution in [1.29, 1.82) is 0 Å². The van der Waals surface area contributed by atoms with Crippen LogP contribution in [0.5, 0.6) is 0 Å². The lowest BCUT2D eigenvalue weighted by atomic mass is 10.0. The number of pyridine rings is 1. The van der Waals surface area contributed by atoms with E-state index in [1.165, 1.54) is 4.90 Å². The highest BCUT2D eigenvalue weighted by molar-refractivity contribution is 5.92. The fraction of sp³-hybridized carbons (Fsp3) is 0.571. The molecule has 1 N–H and O–H groups in total. The highest BCUT2D eigenvalue weighted by Gasteiger charge is 2.22. The average Bonchev–Trinajstić information content (AvgIpc) is 2.46. The van der Waals surface area contributed by atoms with E-state index < -0.39 is 0 Å². The van der Waals surface area contributed by atoms with Gasteiger partial charge in [0.05, 0.1) is 12.6 Å². The van der Waals surface area contributed by atoms with Crippen LogP contribution in [0.2, 0.25) is 0 Å². The second kappa shape index (κ2) is 6.02. The molecule has 1 fully saturated rings. The van der Waals surface area contributed by atoms with Gasteiger partial charge >= 0.3 is 0 Å². The molecule has 0 bridgehead atoms. The quantitative estimate of drug-likeness (QED) is 0.888. The van der Waals surface area contributed by atoms with Gasteiger partial charge in [-0.3, -0.25) is 9.78 Å². The van der Waals surface area contributed by atoms with Gasteiger partial charge in [0, 0.05) is 32.5 Å². The van der Waals surface area contributed by atoms with Crippen molar-refractivity contribution in [2.45, 2.75) is 25.3 Å². The Morgan fingerprint density at radius 2 is 2.32 bits per heavy atom. The van der Waals surface area contributed by atoms with E-state index in [-0.39, 0.29) is 18.6 Å². The normalized spacial score (nSPS) is 19.3. The van der Waals surface area contributed by atoms with Gasteiger partial charge in [-0.1, -0.05) is 0 Å². The van der Waals surface area contributed by atoms with Crippen molar-refractivity contribution in [1.82, 2.24) is 9.88 Å². The van der Waals surface area contributed by atoms with Gasteiger partial charge in [0.15, 0.2) is 0 Å². The summed E-state index contributed by atoms with van der Waals surface area (Å²) in [4.78, 5) is 19.7. The van der Waals surface area contributed by atoms with Crippen molar-refractivity contribution in [3.05, 3.63) is 24.0 Å². The largest absolute Gasteiger partial charge is 0.394 e. The lowest BCUT2D eigenvalue weighted by Gasteiger charge is -2.36. The van der Waals surface area contributed by atoms with Gasteiger partial charge in [-0.15, -0.1) is 0 Å². The SMILES string of the molecule is CN(C)C(=O)c1cc(N2CCCCC2CO)ccn1. The van der Waals surface area contributed by atoms with Crippen LogP contribution in [0, 0.1) is 0 Å². The zero-order valence-corrected chi connectivity index (χ0v) is 11.5. The van der Waals surface area contributed by atoms with Gasteiger partial charge in [-0.25, -0.2) is 0 Å². The van der Waals surface area contributed by atoms with Crippen molar-refractivity contribution in [2.75, 3.05) is 32.1 Å². The number of hydrogen-bond donors (Lipinski definition) is 1. The number of amides is 1. The Bertz CT molecular complexity index is 448. The first-order chi connectivity index (χ1) is 9.13. The second-order valence-electron chi connectivity index (χ2n) is 5.12. The molecule has 19 heavy (non-hydrogen) atoms. The molecule has 104 valence electrons. The number of hydrogen-bond acceptors (Lipinski definition) is 4. The van der Waals surface area contributed by atoms with Gasteiger partial charge in [0.25, 0.3) is 5.91 Å². The third kappa shape index (κ3) is 3.04. The first-order valence-corrected chi connectivity index (χ1v) is 6.68. The highest BCUT2D eigenvalue weighted by Crippen LogP contribution is 2.24. The Hall–Kier alpha value is -1.62. The molecule has 0 spiro atoms. The average molecular weight is 263 g/mol. The molecular weight excluding hydrogens is 242 g/mol. The molecule has 5 nitrogen and oxygen atoms in total. The molecule has 0 saturated carbocycles. The van der Waals surface area contributed by atoms with Crippen molar-refractivity contribution in [2.24, 2.45) is 0 Å². The van der Waals surface area contributed by atoms with Gasteiger partial charge in [-0.2, -0.15) is 0 Å². The minimum Gasteiger partial charge on any atom is -0.394 e. The first-order valence-electron chi connectivity index (χ1n) is 6.68. The van der Waals surface area contributed by atoms with E-state index in [4.69, 9.17) is 0 Å². The summed E-state index contributed by atoms with van der Waals surface area (Å²) in [6, 6.07) is 3.87. The number of piperidine rings is 1. The Kier molecular flexibility index (Phi) is 4.37. The molecular formula is C14H21N3O2. The monoisotopic (exact) mass is 263 g/mol. The predicted molar refractivity (Wildman–Crippen MR) is 74.3 cm³/mol. The summed E-state index contributed by atoms with van der Waals surface area (Å²) in [6.45, 7) is 1.07. The Morgan fingerprint density at radius 1 is 1.53 bits per heavy atom. The fourth-order valence-corrected chi connectivity index (χ4v) is 2.47. The molecule has 2 heterocycles. The molecule has 0 aromatic carbocycles. The molecule has 1 saturated heterocycles. The summed E-state index contributed by atoms with van der Waals surface area (Å²) >= 11 is 0. The molecule has 1 aromatic heterocycles. The van der Waals surface area contributed by atoms with Gasteiger partial charge in [0.2, 0.25) is 0 Å². The standard InChI is InChI=1S/C14H21N3O2/c1-16(2)14(19)13-9-11(6-7-15-13)17-8-4-3-5-12(17)10-18/h6-7,9,12,18H,3-5,8,10H2,1-2H3. The Labute approximate surface area is 113 Å². The van der Waals surface area contributed by atoms with Crippen molar-refractivity contribution in [3.63, 3.8) is 0 Å². The molecule has 0 aliphatic carbocycles. The van der Waals surface area contributed by atoms with E-state index in [1.807, 2.05) is 12.1 Å². The minimum atomic E-state index is -0.0978. The van der Waals surface area contributed by atoms with Crippen molar-refractivity contribution < 1.29 is 9.90 Å². The minimum absolute atomic E-state index is 0.0978. The molecule has 5 heteroatoms. The first kappa shape index (κ1) is 13.8. The Balaban J connectivity index is 2.24. The van der Waals surface area contributed by atoms with E-state index in [9.17, 15) is 9.90 Å². The molecule has 1 unspecified atom stereocenters. The maximum atomic E-state index is 11.9. The van der Waals surface area contributed by atoms with E-state index in [1.54, 1.807) is 20.3 Å². The van der Waals surface area contributed by atoms with Crippen molar-refractivity contribution in [3.8, 4) is 0 Å². The topological polar surface area (TPSA) is 56.7 Å². The maximum absolute atomic E-state index is 11.9. The van der Waals surface area contributed by atoms with E-state index >= 15 is 0 Å². The second-order valence-corrected chi connectivity index (χ2v) is 5.12. The molecule has 1 atom stereocenters. The summed E-state index contributed by atoms with van der Waals surface area (Å²) in [5.41, 5.74) is 1.42. The lowest BCUT2D eigenvalue weighted by Crippen LogP contribution is -2.42. The van der Waals surface area contributed by atoms with Gasteiger partial charge < -0.3 is 14.9 Å². The van der Waals surface area contributed by atoms with Gasteiger partial charge in [-0.05, 0) is 31.4 Å². The molecule has 1 aliphatic rings. The number of rotatable bonds is 3. The maximum Gasteiger partial charge on any atom is 0.272 e. The number of aliphatic hydroxyl groups excluding tert-OH is 1. The molecule has 0 radical (unpaired) electrons. The third-order valence-corrected chi connectivity index (χ3v) is 3.54. The van der Waals surface area contributed by atoms with E-state index in [0.717, 1.165) is 31.5 Å². The highest BCUT2D eigenvalue weighted by atomic mass is 16.3. The van der Waals surface area contributed by atoms with Gasteiger partial charge in [0.1, 0.15) is 5.69 Å². The van der Waals surface area contributed by atoms with E-state index in [2.05, 4.69) is 9.88 Å². The number of carbonyl (C=O) groups excluding carboxylic acids is 1. The van der Waals surface area contributed by atoms with E-state index in [0.29, 0.717) is 5.69 Å². The summed E-state index contributed by atoms with van der Waals surface area (Å²) in [5.74, 6) is -0.0978. The fourth-order valence-electron chi connectivity index (χ4n) is 2.47. The van der Waals surface area contributed by atoms with Crippen LogP contribution in [0.1, 0.15) is 29.8 Å². The molecule has 1 aromatic rings. The number of anilines is 1. The summed E-state index contributed by atoms with van der Waals surface area (Å²) in [7, 11) is 3.43. The van der Waals surface area contributed by atoms with Crippen LogP contribution in [-0.2, 0) is 0 Å². The molecule has 1 amide bonds. The van der Waals surface area contributed by atoms with Crippen LogP contribution < -0.4 is 4.90 Å². The molecule has 2 rings (SSSR count). The Morgan fingerprint density at radius 3 is 3.00 bits per heavy atom. The summed E-state index contributed by atoms with van der Waals surface area (Å²) in [6.07, 6.45) is 4.93. The number of aromatic nitrogens is 1.